The predicted molar refractivity (Wildman–Crippen MR) is 146 cm³/mol. The minimum atomic E-state index is -0.931. The molecule has 1 radical (unpaired) electrons. The van der Waals surface area contributed by atoms with Crippen molar-refractivity contribution in [2.24, 2.45) is 28.9 Å². The molecule has 3 amide bonds. The van der Waals surface area contributed by atoms with Gasteiger partial charge in [0, 0.05) is 44.1 Å². The van der Waals surface area contributed by atoms with E-state index in [1.165, 1.54) is 12.8 Å². The molecule has 0 bridgehead atoms. The molecule has 3 unspecified atom stereocenters. The van der Waals surface area contributed by atoms with Gasteiger partial charge in [0.2, 0.25) is 17.7 Å². The Morgan fingerprint density at radius 2 is 1.77 bits per heavy atom. The Labute approximate surface area is 233 Å². The number of hydrogen-bond acceptors (Lipinski definition) is 6. The molecule has 0 aromatic carbocycles. The largest absolute Gasteiger partial charge is 0.378 e. The number of hydrogen-bond donors (Lipinski definition) is 2. The second-order valence-electron chi connectivity index (χ2n) is 12.9. The van der Waals surface area contributed by atoms with E-state index in [4.69, 9.17) is 10.5 Å². The number of primary amides is 1. The van der Waals surface area contributed by atoms with Crippen LogP contribution in [-0.2, 0) is 19.1 Å². The molecule has 9 nitrogen and oxygen atoms in total. The third kappa shape index (κ3) is 6.43. The normalized spacial score (nSPS) is 30.8. The summed E-state index contributed by atoms with van der Waals surface area (Å²) < 4.78 is 5.47. The van der Waals surface area contributed by atoms with Gasteiger partial charge in [-0.2, -0.15) is 5.26 Å². The van der Waals surface area contributed by atoms with Crippen LogP contribution in [0.15, 0.2) is 0 Å². The van der Waals surface area contributed by atoms with Gasteiger partial charge in [-0.3, -0.25) is 19.3 Å². The van der Waals surface area contributed by atoms with Gasteiger partial charge >= 0.3 is 0 Å². The maximum absolute atomic E-state index is 14.3. The van der Waals surface area contributed by atoms with Crippen molar-refractivity contribution in [3.63, 3.8) is 0 Å². The van der Waals surface area contributed by atoms with E-state index >= 15 is 0 Å². The number of carbonyl (C=O) groups is 3. The van der Waals surface area contributed by atoms with E-state index in [1.807, 2.05) is 4.90 Å². The van der Waals surface area contributed by atoms with E-state index in [0.717, 1.165) is 63.5 Å². The van der Waals surface area contributed by atoms with Crippen LogP contribution in [0, 0.1) is 40.4 Å². The van der Waals surface area contributed by atoms with Gasteiger partial charge in [0.1, 0.15) is 5.54 Å². The highest BCUT2D eigenvalue weighted by Gasteiger charge is 2.50. The Hall–Kier alpha value is -2.18. The summed E-state index contributed by atoms with van der Waals surface area (Å²) >= 11 is 0. The quantitative estimate of drug-likeness (QED) is 0.463. The van der Waals surface area contributed by atoms with Gasteiger partial charge in [-0.15, -0.1) is 0 Å². The maximum Gasteiger partial charge on any atom is 0.230 e. The smallest absolute Gasteiger partial charge is 0.230 e. The number of carbonyl (C=O) groups excluding carboxylic acids is 3. The summed E-state index contributed by atoms with van der Waals surface area (Å²) in [5.41, 5.74) is 4.38. The number of morpholine rings is 1. The third-order valence-electron chi connectivity index (χ3n) is 10.1. The van der Waals surface area contributed by atoms with Gasteiger partial charge in [-0.1, -0.05) is 32.1 Å². The van der Waals surface area contributed by atoms with E-state index < -0.39 is 16.9 Å². The van der Waals surface area contributed by atoms with E-state index in [2.05, 4.69) is 16.3 Å². The highest BCUT2D eigenvalue weighted by Crippen LogP contribution is 2.47. The van der Waals surface area contributed by atoms with Gasteiger partial charge in [-0.25, -0.2) is 0 Å². The first-order valence-electron chi connectivity index (χ1n) is 15.3. The zero-order valence-electron chi connectivity index (χ0n) is 23.4. The van der Waals surface area contributed by atoms with E-state index in [9.17, 15) is 19.6 Å². The molecule has 9 heteroatoms. The number of likely N-dealkylation sites (tertiary alicyclic amines) is 1. The number of ether oxygens (including phenoxy) is 1. The van der Waals surface area contributed by atoms with E-state index in [1.54, 1.807) is 0 Å². The molecular weight excluding hydrogens is 494 g/mol. The maximum atomic E-state index is 14.3. The zero-order chi connectivity index (χ0) is 27.5. The number of amides is 3. The molecule has 5 rings (SSSR count). The lowest BCUT2D eigenvalue weighted by Crippen LogP contribution is -2.55. The van der Waals surface area contributed by atoms with Crippen LogP contribution in [0.3, 0.4) is 0 Å². The van der Waals surface area contributed by atoms with Crippen molar-refractivity contribution < 1.29 is 19.1 Å². The van der Waals surface area contributed by atoms with Gasteiger partial charge in [0.25, 0.3) is 0 Å². The highest BCUT2D eigenvalue weighted by molar-refractivity contribution is 5.92. The summed E-state index contributed by atoms with van der Waals surface area (Å²) in [5, 5.41) is 13.4. The van der Waals surface area contributed by atoms with Crippen LogP contribution in [0.1, 0.15) is 83.5 Å². The molecule has 3 aliphatic carbocycles. The van der Waals surface area contributed by atoms with Gasteiger partial charge < -0.3 is 20.7 Å². The van der Waals surface area contributed by atoms with Crippen molar-refractivity contribution in [3.8, 4) is 6.07 Å². The molecule has 0 spiro atoms. The standard InChI is InChI=1S/C30H46N5O4/c31-20-30(12-13-34(21-30)19-22-8-9-22)33-26(36)25(18-29(28(32)38)10-4-1-5-11-29)23-6-2-3-7-24(23)27(37)35-14-16-39-17-15-35/h22-23,25H,1-19,21H2,(H2,32,38)(H,33,36). The summed E-state index contributed by atoms with van der Waals surface area (Å²) in [6.45, 7) is 4.50. The van der Waals surface area contributed by atoms with Crippen molar-refractivity contribution in [3.05, 3.63) is 5.92 Å². The SMILES string of the molecule is N#CC1(NC(=O)C(CC2(C(N)=O)CCCCC2)C2CCCC[C]2C(=O)N2CCOCC2)CCN(CC2CC2)C1. The Balaban J connectivity index is 1.40. The van der Waals surface area contributed by atoms with Crippen molar-refractivity contribution in [1.82, 2.24) is 15.1 Å². The lowest BCUT2D eigenvalue weighted by atomic mass is 9.62. The Morgan fingerprint density at radius 1 is 1.03 bits per heavy atom. The van der Waals surface area contributed by atoms with Crippen molar-refractivity contribution >= 4 is 17.7 Å². The van der Waals surface area contributed by atoms with Crippen LogP contribution in [0.25, 0.3) is 0 Å². The van der Waals surface area contributed by atoms with Crippen molar-refractivity contribution in [2.75, 3.05) is 45.9 Å². The molecule has 2 saturated heterocycles. The minimum absolute atomic E-state index is 0.0315. The van der Waals surface area contributed by atoms with Crippen molar-refractivity contribution in [1.29, 1.82) is 5.26 Å². The van der Waals surface area contributed by atoms with Crippen molar-refractivity contribution in [2.45, 2.75) is 89.0 Å². The molecular formula is C30H46N5O4. The van der Waals surface area contributed by atoms with Crippen LogP contribution in [0.5, 0.6) is 0 Å². The summed E-state index contributed by atoms with van der Waals surface area (Å²) in [6, 6.07) is 2.45. The molecule has 3 atom stereocenters. The van der Waals surface area contributed by atoms with Crippen LogP contribution >= 0.6 is 0 Å². The highest BCUT2D eigenvalue weighted by atomic mass is 16.5. The Kier molecular flexibility index (Phi) is 8.82. The topological polar surface area (TPSA) is 129 Å². The summed E-state index contributed by atoms with van der Waals surface area (Å²) in [6.07, 6.45) is 11.0. The molecule has 3 saturated carbocycles. The average molecular weight is 541 g/mol. The average Bonchev–Trinajstić information content (AvgIpc) is 3.70. The summed E-state index contributed by atoms with van der Waals surface area (Å²) in [7, 11) is 0. The number of nitrogens with one attached hydrogen (secondary N) is 1. The molecule has 0 aromatic heterocycles. The van der Waals surface area contributed by atoms with Crippen LogP contribution in [-0.4, -0.2) is 79.0 Å². The summed E-state index contributed by atoms with van der Waals surface area (Å²) in [5.74, 6) is 0.245. The number of nitrogens with zero attached hydrogens (tertiary/aromatic N) is 3. The second-order valence-corrected chi connectivity index (χ2v) is 12.9. The number of nitriles is 1. The first-order valence-corrected chi connectivity index (χ1v) is 15.3. The molecule has 0 aromatic rings. The molecule has 39 heavy (non-hydrogen) atoms. The van der Waals surface area contributed by atoms with Crippen LogP contribution < -0.4 is 11.1 Å². The number of rotatable bonds is 9. The molecule has 3 N–H and O–H groups in total. The van der Waals surface area contributed by atoms with Gasteiger partial charge in [0.05, 0.1) is 25.2 Å². The van der Waals surface area contributed by atoms with Crippen LogP contribution in [0.4, 0.5) is 0 Å². The molecule has 215 valence electrons. The zero-order valence-corrected chi connectivity index (χ0v) is 23.4. The first kappa shape index (κ1) is 28.4. The second kappa shape index (κ2) is 12.1. The van der Waals surface area contributed by atoms with E-state index in [0.29, 0.717) is 65.0 Å². The predicted octanol–water partition coefficient (Wildman–Crippen LogP) is 2.55. The Bertz CT molecular complexity index is 949. The summed E-state index contributed by atoms with van der Waals surface area (Å²) in [4.78, 5) is 45.2. The molecule has 2 aliphatic heterocycles. The first-order chi connectivity index (χ1) is 18.8. The fraction of sp³-hybridized carbons (Fsp3) is 0.833. The molecule has 2 heterocycles. The van der Waals surface area contributed by atoms with Crippen LogP contribution in [0.2, 0.25) is 0 Å². The monoisotopic (exact) mass is 540 g/mol. The fourth-order valence-electron chi connectivity index (χ4n) is 7.60. The molecule has 5 fully saturated rings. The fourth-order valence-corrected chi connectivity index (χ4v) is 7.60. The Morgan fingerprint density at radius 3 is 2.44 bits per heavy atom. The lowest BCUT2D eigenvalue weighted by molar-refractivity contribution is -0.138. The number of nitrogens with two attached hydrogens (primary N) is 1. The third-order valence-corrected chi connectivity index (χ3v) is 10.1. The van der Waals surface area contributed by atoms with Gasteiger partial charge in [0.15, 0.2) is 0 Å². The van der Waals surface area contributed by atoms with Gasteiger partial charge in [-0.05, 0) is 63.2 Å². The lowest BCUT2D eigenvalue weighted by Gasteiger charge is -2.43. The minimum Gasteiger partial charge on any atom is -0.378 e. The van der Waals surface area contributed by atoms with E-state index in [-0.39, 0.29) is 23.6 Å². The molecule has 5 aliphatic rings.